The standard InChI is InChI=1S/C6H14N2O3/c1-5(7)6(9)8-11-4-3-10-2/h5H,3-4,7H2,1-2H3,(H,8,9)/t5-/m0/s1. The fraction of sp³-hybridized carbons (Fsp3) is 0.833. The van der Waals surface area contributed by atoms with Gasteiger partial charge in [-0.25, -0.2) is 5.48 Å². The van der Waals surface area contributed by atoms with Gasteiger partial charge in [-0.3, -0.25) is 9.63 Å². The third-order valence-electron chi connectivity index (χ3n) is 0.976. The molecule has 0 radical (unpaired) electrons. The van der Waals surface area contributed by atoms with Gasteiger partial charge in [0.1, 0.15) is 0 Å². The molecule has 0 aromatic carbocycles. The maximum atomic E-state index is 10.7. The second-order valence-corrected chi connectivity index (χ2v) is 2.10. The maximum absolute atomic E-state index is 10.7. The molecule has 0 unspecified atom stereocenters. The van der Waals surface area contributed by atoms with E-state index < -0.39 is 6.04 Å². The lowest BCUT2D eigenvalue weighted by atomic mass is 10.4. The number of methoxy groups -OCH3 is 1. The van der Waals surface area contributed by atoms with Crippen LogP contribution in [-0.4, -0.2) is 32.3 Å². The summed E-state index contributed by atoms with van der Waals surface area (Å²) in [7, 11) is 1.55. The van der Waals surface area contributed by atoms with Crippen LogP contribution >= 0.6 is 0 Å². The number of nitrogens with one attached hydrogen (secondary N) is 1. The molecule has 0 aliphatic heterocycles. The molecule has 11 heavy (non-hydrogen) atoms. The summed E-state index contributed by atoms with van der Waals surface area (Å²) < 4.78 is 4.68. The van der Waals surface area contributed by atoms with Crippen LogP contribution in [0.4, 0.5) is 0 Å². The van der Waals surface area contributed by atoms with Crippen LogP contribution in [0.5, 0.6) is 0 Å². The fourth-order valence-corrected chi connectivity index (χ4v) is 0.340. The molecule has 0 rings (SSSR count). The molecular weight excluding hydrogens is 148 g/mol. The van der Waals surface area contributed by atoms with E-state index in [0.717, 1.165) is 0 Å². The first-order valence-electron chi connectivity index (χ1n) is 3.34. The van der Waals surface area contributed by atoms with E-state index in [9.17, 15) is 4.79 Å². The lowest BCUT2D eigenvalue weighted by molar-refractivity contribution is -0.135. The number of hydrogen-bond donors (Lipinski definition) is 2. The van der Waals surface area contributed by atoms with E-state index in [-0.39, 0.29) is 5.91 Å². The highest BCUT2D eigenvalue weighted by Gasteiger charge is 2.05. The number of nitrogens with two attached hydrogens (primary N) is 1. The Kier molecular flexibility index (Phi) is 5.73. The van der Waals surface area contributed by atoms with Crippen molar-refractivity contribution in [3.63, 3.8) is 0 Å². The van der Waals surface area contributed by atoms with Gasteiger partial charge in [0.05, 0.1) is 19.3 Å². The molecule has 3 N–H and O–H groups in total. The highest BCUT2D eigenvalue weighted by Crippen LogP contribution is 1.76. The topological polar surface area (TPSA) is 73.6 Å². The van der Waals surface area contributed by atoms with Crippen molar-refractivity contribution < 1.29 is 14.4 Å². The van der Waals surface area contributed by atoms with Crippen molar-refractivity contribution in [1.29, 1.82) is 0 Å². The summed E-state index contributed by atoms with van der Waals surface area (Å²) in [5.41, 5.74) is 7.40. The van der Waals surface area contributed by atoms with Gasteiger partial charge in [0, 0.05) is 7.11 Å². The van der Waals surface area contributed by atoms with Gasteiger partial charge >= 0.3 is 0 Å². The minimum atomic E-state index is -0.544. The van der Waals surface area contributed by atoms with Crippen molar-refractivity contribution in [2.24, 2.45) is 5.73 Å². The molecule has 5 heteroatoms. The molecule has 0 fully saturated rings. The van der Waals surface area contributed by atoms with E-state index in [0.29, 0.717) is 13.2 Å². The summed E-state index contributed by atoms with van der Waals surface area (Å²) >= 11 is 0. The second-order valence-electron chi connectivity index (χ2n) is 2.10. The molecule has 0 aliphatic carbocycles. The smallest absolute Gasteiger partial charge is 0.260 e. The Hall–Kier alpha value is -0.650. The molecule has 66 valence electrons. The van der Waals surface area contributed by atoms with Gasteiger partial charge in [0.2, 0.25) is 0 Å². The molecule has 1 atom stereocenters. The molecule has 0 spiro atoms. The zero-order valence-electron chi connectivity index (χ0n) is 6.79. The number of rotatable bonds is 5. The molecule has 0 aliphatic rings. The van der Waals surface area contributed by atoms with Crippen molar-refractivity contribution in [2.45, 2.75) is 13.0 Å². The molecule has 0 heterocycles. The molecule has 5 nitrogen and oxygen atoms in total. The normalized spacial score (nSPS) is 12.6. The first kappa shape index (κ1) is 10.3. The predicted molar refractivity (Wildman–Crippen MR) is 39.6 cm³/mol. The Labute approximate surface area is 65.8 Å². The molecule has 1 amide bonds. The van der Waals surface area contributed by atoms with E-state index >= 15 is 0 Å². The lowest BCUT2D eigenvalue weighted by Gasteiger charge is -2.06. The minimum Gasteiger partial charge on any atom is -0.382 e. The quantitative estimate of drug-likeness (QED) is 0.403. The Bertz CT molecular complexity index is 116. The summed E-state index contributed by atoms with van der Waals surface area (Å²) in [5.74, 6) is -0.332. The fourth-order valence-electron chi connectivity index (χ4n) is 0.340. The molecule has 0 aromatic heterocycles. The molecular formula is C6H14N2O3. The molecule has 0 saturated heterocycles. The van der Waals surface area contributed by atoms with Crippen LogP contribution in [0, 0.1) is 0 Å². The SMILES string of the molecule is COCCONC(=O)[C@H](C)N. The highest BCUT2D eigenvalue weighted by atomic mass is 16.7. The third kappa shape index (κ3) is 5.78. The van der Waals surface area contributed by atoms with Crippen LogP contribution in [0.3, 0.4) is 0 Å². The lowest BCUT2D eigenvalue weighted by Crippen LogP contribution is -2.38. The first-order valence-corrected chi connectivity index (χ1v) is 3.34. The number of carbonyl (C=O) groups is 1. The van der Waals surface area contributed by atoms with E-state index in [4.69, 9.17) is 10.6 Å². The predicted octanol–water partition coefficient (Wildman–Crippen LogP) is -0.972. The monoisotopic (exact) mass is 162 g/mol. The Morgan fingerprint density at radius 2 is 2.27 bits per heavy atom. The number of ether oxygens (including phenoxy) is 1. The van der Waals surface area contributed by atoms with Crippen molar-refractivity contribution >= 4 is 5.91 Å². The van der Waals surface area contributed by atoms with Crippen LogP contribution in [0.25, 0.3) is 0 Å². The van der Waals surface area contributed by atoms with E-state index in [1.807, 2.05) is 0 Å². The molecule has 0 aromatic rings. The average molecular weight is 162 g/mol. The van der Waals surface area contributed by atoms with Gasteiger partial charge in [-0.2, -0.15) is 0 Å². The highest BCUT2D eigenvalue weighted by molar-refractivity contribution is 5.79. The zero-order valence-corrected chi connectivity index (χ0v) is 6.79. The van der Waals surface area contributed by atoms with Crippen molar-refractivity contribution in [2.75, 3.05) is 20.3 Å². The summed E-state index contributed by atoms with van der Waals surface area (Å²) in [4.78, 5) is 15.4. The van der Waals surface area contributed by atoms with E-state index in [1.54, 1.807) is 14.0 Å². The van der Waals surface area contributed by atoms with Gasteiger partial charge < -0.3 is 10.5 Å². The molecule has 0 saturated carbocycles. The average Bonchev–Trinajstić information content (AvgIpc) is 1.97. The largest absolute Gasteiger partial charge is 0.382 e. The van der Waals surface area contributed by atoms with Gasteiger partial charge in [0.15, 0.2) is 0 Å². The first-order chi connectivity index (χ1) is 5.18. The Balaban J connectivity index is 3.18. The van der Waals surface area contributed by atoms with Crippen molar-refractivity contribution in [3.05, 3.63) is 0 Å². The number of amides is 1. The van der Waals surface area contributed by atoms with Crippen molar-refractivity contribution in [3.8, 4) is 0 Å². The maximum Gasteiger partial charge on any atom is 0.260 e. The summed E-state index contributed by atoms with van der Waals surface area (Å²) in [6.45, 7) is 2.35. The summed E-state index contributed by atoms with van der Waals surface area (Å²) in [6, 6.07) is -0.544. The van der Waals surface area contributed by atoms with Crippen LogP contribution in [-0.2, 0) is 14.4 Å². The second kappa shape index (κ2) is 6.09. The van der Waals surface area contributed by atoms with Crippen LogP contribution in [0.15, 0.2) is 0 Å². The number of hydrogen-bond acceptors (Lipinski definition) is 4. The summed E-state index contributed by atoms with van der Waals surface area (Å²) in [6.07, 6.45) is 0. The van der Waals surface area contributed by atoms with Gasteiger partial charge in [-0.15, -0.1) is 0 Å². The van der Waals surface area contributed by atoms with E-state index in [1.165, 1.54) is 0 Å². The minimum absolute atomic E-state index is 0.328. The van der Waals surface area contributed by atoms with Gasteiger partial charge in [-0.05, 0) is 6.92 Å². The summed E-state index contributed by atoms with van der Waals surface area (Å²) in [5, 5.41) is 0. The van der Waals surface area contributed by atoms with Crippen molar-refractivity contribution in [1.82, 2.24) is 5.48 Å². The Morgan fingerprint density at radius 1 is 1.64 bits per heavy atom. The van der Waals surface area contributed by atoms with Crippen LogP contribution < -0.4 is 11.2 Å². The van der Waals surface area contributed by atoms with Crippen LogP contribution in [0.1, 0.15) is 6.92 Å². The number of hydroxylamine groups is 1. The van der Waals surface area contributed by atoms with Crippen LogP contribution in [0.2, 0.25) is 0 Å². The zero-order chi connectivity index (χ0) is 8.69. The van der Waals surface area contributed by atoms with E-state index in [2.05, 4.69) is 10.2 Å². The third-order valence-corrected chi connectivity index (χ3v) is 0.976. The molecule has 0 bridgehead atoms. The van der Waals surface area contributed by atoms with Gasteiger partial charge in [0.25, 0.3) is 5.91 Å². The Morgan fingerprint density at radius 3 is 2.73 bits per heavy atom. The van der Waals surface area contributed by atoms with Gasteiger partial charge in [-0.1, -0.05) is 0 Å². The number of carbonyl (C=O) groups excluding carboxylic acids is 1.